The maximum atomic E-state index is 12.4. The Hall–Kier alpha value is -3.43. The Morgan fingerprint density at radius 3 is 2.46 bits per heavy atom. The lowest BCUT2D eigenvalue weighted by atomic mass is 10.1. The molecule has 0 spiro atoms. The Balaban J connectivity index is 0.000000910. The van der Waals surface area contributed by atoms with Gasteiger partial charge in [0.05, 0.1) is 23.4 Å². The first-order valence-corrected chi connectivity index (χ1v) is 12.6. The van der Waals surface area contributed by atoms with Crippen LogP contribution in [0.25, 0.3) is 11.0 Å². The Labute approximate surface area is 224 Å². The summed E-state index contributed by atoms with van der Waals surface area (Å²) in [6.45, 7) is 10.1. The van der Waals surface area contributed by atoms with Crippen LogP contribution in [-0.2, 0) is 9.53 Å². The van der Waals surface area contributed by atoms with Crippen LogP contribution in [0.2, 0.25) is 0 Å². The minimum absolute atomic E-state index is 0.0528. The number of aliphatic imine (C=N–C) groups is 1. The van der Waals surface area contributed by atoms with E-state index in [1.54, 1.807) is 18.2 Å². The molecule has 9 nitrogen and oxygen atoms in total. The van der Waals surface area contributed by atoms with Gasteiger partial charge >= 0.3 is 5.97 Å². The van der Waals surface area contributed by atoms with E-state index in [1.165, 1.54) is 25.4 Å². The smallest absolute Gasteiger partial charge is 0.337 e. The molecule has 2 heterocycles. The van der Waals surface area contributed by atoms with Crippen LogP contribution in [0.3, 0.4) is 0 Å². The third-order valence-electron chi connectivity index (χ3n) is 4.59. The standard InChI is InChI=1S/C17H14ClN3O4.C4H11N.C4H8O.C2H6/c1-24-17(23)9-5-6-12-11(7-9)14(19)15(25-12)16(22)21-13-4-2-3-10(18)8-20-13;1-3-4(2)5;1-2-3-4-5;1-2/h2-3,5-8H,4,19H2,1H3,(H,20,21,22);4H,3,5H2,1-2H3;4H,2-3H2,1H3;1-2H3/t;4-;;/m.1../s1. The number of amidine groups is 1. The molecule has 0 fully saturated rings. The lowest BCUT2D eigenvalue weighted by molar-refractivity contribution is -0.107. The number of anilines is 1. The summed E-state index contributed by atoms with van der Waals surface area (Å²) < 4.78 is 10.2. The predicted molar refractivity (Wildman–Crippen MR) is 151 cm³/mol. The quantitative estimate of drug-likeness (QED) is 0.327. The van der Waals surface area contributed by atoms with Gasteiger partial charge in [-0.1, -0.05) is 45.4 Å². The van der Waals surface area contributed by atoms with Crippen molar-refractivity contribution in [1.29, 1.82) is 0 Å². The maximum absolute atomic E-state index is 12.4. The van der Waals surface area contributed by atoms with Gasteiger partial charge in [-0.3, -0.25) is 4.79 Å². The first-order valence-electron chi connectivity index (χ1n) is 12.2. The summed E-state index contributed by atoms with van der Waals surface area (Å²) in [6, 6.07) is 5.00. The van der Waals surface area contributed by atoms with Gasteiger partial charge in [0, 0.05) is 30.5 Å². The summed E-state index contributed by atoms with van der Waals surface area (Å²) in [5.41, 5.74) is 12.1. The number of hydrogen-bond acceptors (Lipinski definition) is 8. The van der Waals surface area contributed by atoms with Gasteiger partial charge in [0.25, 0.3) is 5.91 Å². The molecule has 37 heavy (non-hydrogen) atoms. The highest BCUT2D eigenvalue weighted by molar-refractivity contribution is 6.31. The van der Waals surface area contributed by atoms with Crippen molar-refractivity contribution in [2.24, 2.45) is 10.7 Å². The maximum Gasteiger partial charge on any atom is 0.337 e. The number of methoxy groups -OCH3 is 1. The molecule has 1 aromatic carbocycles. The number of fused-ring (bicyclic) bond motifs is 1. The molecular formula is C27H39ClN4O5. The summed E-state index contributed by atoms with van der Waals surface area (Å²) in [7, 11) is 1.28. The highest BCUT2D eigenvalue weighted by atomic mass is 35.5. The van der Waals surface area contributed by atoms with E-state index in [0.29, 0.717) is 46.3 Å². The average molecular weight is 535 g/mol. The highest BCUT2D eigenvalue weighted by Crippen LogP contribution is 2.29. The van der Waals surface area contributed by atoms with Crippen LogP contribution in [-0.4, -0.2) is 37.1 Å². The molecule has 0 saturated heterocycles. The number of allylic oxidation sites excluding steroid dienone is 2. The first kappa shape index (κ1) is 33.6. The molecule has 1 aliphatic heterocycles. The molecule has 204 valence electrons. The van der Waals surface area contributed by atoms with E-state index >= 15 is 0 Å². The number of ether oxygens (including phenoxy) is 1. The number of halogens is 1. The molecule has 0 aliphatic carbocycles. The fourth-order valence-corrected chi connectivity index (χ4v) is 2.58. The van der Waals surface area contributed by atoms with Gasteiger partial charge in [-0.15, -0.1) is 0 Å². The van der Waals surface area contributed by atoms with E-state index < -0.39 is 11.9 Å². The molecule has 5 N–H and O–H groups in total. The van der Waals surface area contributed by atoms with Crippen molar-refractivity contribution in [3.8, 4) is 0 Å². The summed E-state index contributed by atoms with van der Waals surface area (Å²) in [5, 5.41) is 3.56. The molecule has 0 saturated carbocycles. The topological polar surface area (TPSA) is 150 Å². The number of nitrogen functional groups attached to an aromatic ring is 1. The number of unbranched alkanes of at least 4 members (excludes halogenated alkanes) is 1. The van der Waals surface area contributed by atoms with Gasteiger partial charge in [0.1, 0.15) is 17.7 Å². The SMILES string of the molecule is CC.CCCC=O.CC[C@@H](C)N.COC(=O)c1ccc2oc(C(=O)NC3=NC=C(Cl)C=CC3)c(N)c2c1. The molecule has 2 aromatic rings. The van der Waals surface area contributed by atoms with Crippen molar-refractivity contribution in [3.63, 3.8) is 0 Å². The van der Waals surface area contributed by atoms with Crippen molar-refractivity contribution in [3.05, 3.63) is 52.9 Å². The molecule has 1 atom stereocenters. The van der Waals surface area contributed by atoms with Crippen molar-refractivity contribution in [1.82, 2.24) is 5.32 Å². The van der Waals surface area contributed by atoms with E-state index in [0.717, 1.165) is 19.1 Å². The molecule has 1 aliphatic rings. The first-order chi connectivity index (χ1) is 17.7. The van der Waals surface area contributed by atoms with Crippen LogP contribution in [0.1, 0.15) is 81.2 Å². The molecule has 1 amide bonds. The molecule has 0 unspecified atom stereocenters. The van der Waals surface area contributed by atoms with Crippen LogP contribution in [0.15, 0.2) is 51.0 Å². The van der Waals surface area contributed by atoms with Gasteiger partial charge in [-0.05, 0) is 44.0 Å². The number of nitrogens with one attached hydrogen (secondary N) is 1. The van der Waals surface area contributed by atoms with Gasteiger partial charge in [0.2, 0.25) is 5.76 Å². The van der Waals surface area contributed by atoms with Crippen LogP contribution in [0.5, 0.6) is 0 Å². The van der Waals surface area contributed by atoms with Gasteiger partial charge in [-0.25, -0.2) is 9.79 Å². The molecule has 1 aromatic heterocycles. The molecular weight excluding hydrogens is 496 g/mol. The minimum Gasteiger partial charge on any atom is -0.465 e. The largest absolute Gasteiger partial charge is 0.465 e. The Morgan fingerprint density at radius 2 is 1.95 bits per heavy atom. The Morgan fingerprint density at radius 1 is 1.30 bits per heavy atom. The molecule has 0 radical (unpaired) electrons. The van der Waals surface area contributed by atoms with E-state index in [1.807, 2.05) is 27.7 Å². The number of nitrogens with zero attached hydrogens (tertiary/aromatic N) is 1. The predicted octanol–water partition coefficient (Wildman–Crippen LogP) is 5.73. The number of amides is 1. The number of carbonyl (C=O) groups excluding carboxylic acids is 3. The number of esters is 1. The van der Waals surface area contributed by atoms with Crippen molar-refractivity contribution >= 4 is 52.3 Å². The van der Waals surface area contributed by atoms with E-state index in [9.17, 15) is 14.4 Å². The van der Waals surface area contributed by atoms with E-state index in [2.05, 4.69) is 22.0 Å². The van der Waals surface area contributed by atoms with Crippen LogP contribution in [0.4, 0.5) is 5.69 Å². The number of furan rings is 1. The van der Waals surface area contributed by atoms with Gasteiger partial charge < -0.3 is 30.7 Å². The molecule has 3 rings (SSSR count). The average Bonchev–Trinajstić information content (AvgIpc) is 3.10. The van der Waals surface area contributed by atoms with E-state index in [-0.39, 0.29) is 11.4 Å². The number of hydrogen-bond donors (Lipinski definition) is 3. The highest BCUT2D eigenvalue weighted by Gasteiger charge is 2.21. The van der Waals surface area contributed by atoms with Crippen molar-refractivity contribution in [2.45, 2.75) is 66.3 Å². The van der Waals surface area contributed by atoms with E-state index in [4.69, 9.17) is 27.5 Å². The number of rotatable bonds is 5. The zero-order valence-corrected chi connectivity index (χ0v) is 23.2. The monoisotopic (exact) mass is 534 g/mol. The number of benzene rings is 1. The third-order valence-corrected chi connectivity index (χ3v) is 4.82. The zero-order valence-electron chi connectivity index (χ0n) is 22.5. The van der Waals surface area contributed by atoms with Gasteiger partial charge in [-0.2, -0.15) is 0 Å². The summed E-state index contributed by atoms with van der Waals surface area (Å²) in [4.78, 5) is 37.5. The second-order valence-electron chi connectivity index (χ2n) is 7.54. The Bertz CT molecular complexity index is 1100. The zero-order chi connectivity index (χ0) is 28.4. The minimum atomic E-state index is -0.535. The lowest BCUT2D eigenvalue weighted by Crippen LogP contribution is -2.30. The van der Waals surface area contributed by atoms with Crippen LogP contribution >= 0.6 is 11.6 Å². The summed E-state index contributed by atoms with van der Waals surface area (Å²) in [5.74, 6) is -0.682. The van der Waals surface area contributed by atoms with Crippen LogP contribution in [0, 0.1) is 0 Å². The second-order valence-corrected chi connectivity index (χ2v) is 7.98. The Kier molecular flexibility index (Phi) is 17.0. The molecule has 0 bridgehead atoms. The second kappa shape index (κ2) is 18.8. The lowest BCUT2D eigenvalue weighted by Gasteiger charge is -2.04. The summed E-state index contributed by atoms with van der Waals surface area (Å²) in [6.07, 6.45) is 9.00. The van der Waals surface area contributed by atoms with Crippen LogP contribution < -0.4 is 16.8 Å². The molecule has 10 heteroatoms. The van der Waals surface area contributed by atoms with Crippen molar-refractivity contribution in [2.75, 3.05) is 12.8 Å². The normalized spacial score (nSPS) is 12.5. The number of carbonyl (C=O) groups is 3. The fourth-order valence-electron chi connectivity index (χ4n) is 2.44. The van der Waals surface area contributed by atoms with Crippen molar-refractivity contribution < 1.29 is 23.5 Å². The summed E-state index contributed by atoms with van der Waals surface area (Å²) >= 11 is 5.85. The van der Waals surface area contributed by atoms with Gasteiger partial charge in [0.15, 0.2) is 0 Å². The fraction of sp³-hybridized carbons (Fsp3) is 0.407. The number of nitrogens with two attached hydrogens (primary N) is 2. The number of aldehydes is 1. The third kappa shape index (κ3) is 11.9.